The van der Waals surface area contributed by atoms with Crippen LogP contribution in [-0.2, 0) is 0 Å². The standard InChI is InChI=1S/C12H16BrNO/c1-12(2)7-10(14-3)9-6-8(13)4-5-11(9)15-12/h4-6,10,14H,7H2,1-3H3. The molecule has 1 aromatic rings. The molecule has 0 aromatic heterocycles. The molecular formula is C12H16BrNO. The number of nitrogens with one attached hydrogen (secondary N) is 1. The molecule has 2 nitrogen and oxygen atoms in total. The molecule has 0 amide bonds. The maximum atomic E-state index is 5.95. The number of fused-ring (bicyclic) bond motifs is 1. The topological polar surface area (TPSA) is 21.3 Å². The van der Waals surface area contributed by atoms with E-state index in [1.165, 1.54) is 5.56 Å². The molecule has 3 heteroatoms. The van der Waals surface area contributed by atoms with Crippen LogP contribution in [0.1, 0.15) is 31.9 Å². The van der Waals surface area contributed by atoms with Crippen LogP contribution in [0.15, 0.2) is 22.7 Å². The van der Waals surface area contributed by atoms with Gasteiger partial charge in [0.2, 0.25) is 0 Å². The highest BCUT2D eigenvalue weighted by atomic mass is 79.9. The lowest BCUT2D eigenvalue weighted by Crippen LogP contribution is -2.38. The van der Waals surface area contributed by atoms with E-state index in [0.29, 0.717) is 6.04 Å². The van der Waals surface area contributed by atoms with Crippen molar-refractivity contribution in [3.63, 3.8) is 0 Å². The van der Waals surface area contributed by atoms with Gasteiger partial charge >= 0.3 is 0 Å². The van der Waals surface area contributed by atoms with Crippen molar-refractivity contribution in [2.45, 2.75) is 31.9 Å². The second-order valence-electron chi connectivity index (χ2n) is 4.59. The van der Waals surface area contributed by atoms with Gasteiger partial charge in [-0.3, -0.25) is 0 Å². The Kier molecular flexibility index (Phi) is 2.77. The first-order valence-electron chi connectivity index (χ1n) is 5.17. The first kappa shape index (κ1) is 11.0. The van der Waals surface area contributed by atoms with Gasteiger partial charge in [0.05, 0.1) is 0 Å². The highest BCUT2D eigenvalue weighted by Crippen LogP contribution is 2.40. The van der Waals surface area contributed by atoms with Crippen molar-refractivity contribution in [1.29, 1.82) is 0 Å². The summed E-state index contributed by atoms with van der Waals surface area (Å²) in [4.78, 5) is 0. The average Bonchev–Trinajstić information content (AvgIpc) is 2.16. The molecule has 1 aliphatic heterocycles. The smallest absolute Gasteiger partial charge is 0.124 e. The molecule has 1 atom stereocenters. The van der Waals surface area contributed by atoms with Crippen molar-refractivity contribution in [2.75, 3.05) is 7.05 Å². The van der Waals surface area contributed by atoms with Gasteiger partial charge in [0, 0.05) is 22.5 Å². The summed E-state index contributed by atoms with van der Waals surface area (Å²) < 4.78 is 7.05. The second kappa shape index (κ2) is 3.80. The molecule has 1 N–H and O–H groups in total. The minimum absolute atomic E-state index is 0.0888. The number of ether oxygens (including phenoxy) is 1. The maximum absolute atomic E-state index is 5.95. The molecule has 2 rings (SSSR count). The van der Waals surface area contributed by atoms with Gasteiger partial charge in [0.1, 0.15) is 11.4 Å². The molecular weight excluding hydrogens is 254 g/mol. The molecule has 1 heterocycles. The molecule has 0 radical (unpaired) electrons. The summed E-state index contributed by atoms with van der Waals surface area (Å²) in [6.07, 6.45) is 0.993. The van der Waals surface area contributed by atoms with Crippen LogP contribution in [0, 0.1) is 0 Å². The molecule has 1 aromatic carbocycles. The number of hydrogen-bond acceptors (Lipinski definition) is 2. The third kappa shape index (κ3) is 2.18. The Hall–Kier alpha value is -0.540. The quantitative estimate of drug-likeness (QED) is 0.845. The first-order valence-corrected chi connectivity index (χ1v) is 5.97. The molecule has 0 fully saturated rings. The highest BCUT2D eigenvalue weighted by Gasteiger charge is 2.32. The minimum atomic E-state index is -0.0888. The number of benzene rings is 1. The van der Waals surface area contributed by atoms with Crippen LogP contribution in [-0.4, -0.2) is 12.6 Å². The van der Waals surface area contributed by atoms with Crippen LogP contribution in [0.3, 0.4) is 0 Å². The Morgan fingerprint density at radius 1 is 1.47 bits per heavy atom. The number of hydrogen-bond donors (Lipinski definition) is 1. The van der Waals surface area contributed by atoms with Gasteiger partial charge in [-0.1, -0.05) is 15.9 Å². The SMILES string of the molecule is CNC1CC(C)(C)Oc2ccc(Br)cc21. The van der Waals surface area contributed by atoms with E-state index in [4.69, 9.17) is 4.74 Å². The van der Waals surface area contributed by atoms with E-state index in [9.17, 15) is 0 Å². The van der Waals surface area contributed by atoms with Crippen molar-refractivity contribution in [2.24, 2.45) is 0 Å². The Labute approximate surface area is 99.1 Å². The Morgan fingerprint density at radius 3 is 2.87 bits per heavy atom. The molecule has 1 aliphatic rings. The fraction of sp³-hybridized carbons (Fsp3) is 0.500. The van der Waals surface area contributed by atoms with Crippen LogP contribution in [0.2, 0.25) is 0 Å². The van der Waals surface area contributed by atoms with Crippen LogP contribution < -0.4 is 10.1 Å². The van der Waals surface area contributed by atoms with Crippen molar-refractivity contribution < 1.29 is 4.74 Å². The molecule has 0 spiro atoms. The molecule has 0 aliphatic carbocycles. The predicted molar refractivity (Wildman–Crippen MR) is 65.3 cm³/mol. The highest BCUT2D eigenvalue weighted by molar-refractivity contribution is 9.10. The van der Waals surface area contributed by atoms with Crippen molar-refractivity contribution in [3.05, 3.63) is 28.2 Å². The normalized spacial score (nSPS) is 23.1. The zero-order valence-electron chi connectivity index (χ0n) is 9.30. The summed E-state index contributed by atoms with van der Waals surface area (Å²) in [5, 5.41) is 3.34. The van der Waals surface area contributed by atoms with E-state index in [1.54, 1.807) is 0 Å². The lowest BCUT2D eigenvalue weighted by Gasteiger charge is -2.37. The van der Waals surface area contributed by atoms with Gasteiger partial charge in [0.25, 0.3) is 0 Å². The lowest BCUT2D eigenvalue weighted by molar-refractivity contribution is 0.0675. The molecule has 0 saturated heterocycles. The largest absolute Gasteiger partial charge is 0.487 e. The third-order valence-electron chi connectivity index (χ3n) is 2.78. The van der Waals surface area contributed by atoms with Crippen molar-refractivity contribution in [3.8, 4) is 5.75 Å². The van der Waals surface area contributed by atoms with Crippen LogP contribution in [0.25, 0.3) is 0 Å². The van der Waals surface area contributed by atoms with Crippen LogP contribution in [0.4, 0.5) is 0 Å². The van der Waals surface area contributed by atoms with E-state index in [1.807, 2.05) is 19.2 Å². The minimum Gasteiger partial charge on any atom is -0.487 e. The van der Waals surface area contributed by atoms with Crippen LogP contribution >= 0.6 is 15.9 Å². The first-order chi connectivity index (χ1) is 7.02. The third-order valence-corrected chi connectivity index (χ3v) is 3.27. The Bertz CT molecular complexity index is 376. The van der Waals surface area contributed by atoms with Gasteiger partial charge < -0.3 is 10.1 Å². The van der Waals surface area contributed by atoms with Crippen molar-refractivity contribution >= 4 is 15.9 Å². The van der Waals surface area contributed by atoms with Gasteiger partial charge in [-0.2, -0.15) is 0 Å². The summed E-state index contributed by atoms with van der Waals surface area (Å²) in [6.45, 7) is 4.25. The Balaban J connectivity index is 2.44. The zero-order valence-corrected chi connectivity index (χ0v) is 10.9. The van der Waals surface area contributed by atoms with Gasteiger partial charge in [-0.25, -0.2) is 0 Å². The van der Waals surface area contributed by atoms with Gasteiger partial charge in [-0.05, 0) is 39.1 Å². The summed E-state index contributed by atoms with van der Waals surface area (Å²) >= 11 is 3.49. The monoisotopic (exact) mass is 269 g/mol. The molecule has 82 valence electrons. The molecule has 15 heavy (non-hydrogen) atoms. The lowest BCUT2D eigenvalue weighted by atomic mass is 9.90. The van der Waals surface area contributed by atoms with Gasteiger partial charge in [-0.15, -0.1) is 0 Å². The summed E-state index contributed by atoms with van der Waals surface area (Å²) in [5.41, 5.74) is 1.15. The Morgan fingerprint density at radius 2 is 2.20 bits per heavy atom. The number of halogens is 1. The predicted octanol–water partition coefficient (Wildman–Crippen LogP) is 3.27. The van der Waals surface area contributed by atoms with Crippen LogP contribution in [0.5, 0.6) is 5.75 Å². The zero-order chi connectivity index (χ0) is 11.1. The van der Waals surface area contributed by atoms with E-state index in [-0.39, 0.29) is 5.60 Å². The molecule has 1 unspecified atom stereocenters. The summed E-state index contributed by atoms with van der Waals surface area (Å²) in [7, 11) is 2.00. The van der Waals surface area contributed by atoms with E-state index in [0.717, 1.165) is 16.6 Å². The second-order valence-corrected chi connectivity index (χ2v) is 5.50. The maximum Gasteiger partial charge on any atom is 0.124 e. The van der Waals surface area contributed by atoms with E-state index >= 15 is 0 Å². The van der Waals surface area contributed by atoms with E-state index in [2.05, 4.69) is 41.2 Å². The van der Waals surface area contributed by atoms with Crippen molar-refractivity contribution in [1.82, 2.24) is 5.32 Å². The fourth-order valence-electron chi connectivity index (χ4n) is 2.08. The fourth-order valence-corrected chi connectivity index (χ4v) is 2.46. The molecule has 0 saturated carbocycles. The van der Waals surface area contributed by atoms with Gasteiger partial charge in [0.15, 0.2) is 0 Å². The van der Waals surface area contributed by atoms with E-state index < -0.39 is 0 Å². The summed E-state index contributed by atoms with van der Waals surface area (Å²) in [6, 6.07) is 6.56. The number of rotatable bonds is 1. The summed E-state index contributed by atoms with van der Waals surface area (Å²) in [5.74, 6) is 0.994. The molecule has 0 bridgehead atoms. The average molecular weight is 270 g/mol.